The van der Waals surface area contributed by atoms with Gasteiger partial charge in [0.25, 0.3) is 5.56 Å². The lowest BCUT2D eigenvalue weighted by molar-refractivity contribution is 0.424. The summed E-state index contributed by atoms with van der Waals surface area (Å²) in [7, 11) is 0. The molecule has 1 aromatic carbocycles. The van der Waals surface area contributed by atoms with Gasteiger partial charge in [0, 0.05) is 0 Å². The third-order valence-electron chi connectivity index (χ3n) is 4.08. The van der Waals surface area contributed by atoms with E-state index < -0.39 is 0 Å². The topological polar surface area (TPSA) is 66.0 Å². The van der Waals surface area contributed by atoms with Crippen LogP contribution >= 0.6 is 22.6 Å². The van der Waals surface area contributed by atoms with Crippen molar-refractivity contribution >= 4 is 22.6 Å². The highest BCUT2D eigenvalue weighted by molar-refractivity contribution is 14.1. The molecule has 1 fully saturated rings. The molecule has 0 unspecified atom stereocenters. The first-order valence-corrected chi connectivity index (χ1v) is 7.76. The molecule has 4 nitrogen and oxygen atoms in total. The predicted octanol–water partition coefficient (Wildman–Crippen LogP) is 2.94. The molecule has 2 aromatic rings. The maximum absolute atomic E-state index is 11.9. The van der Waals surface area contributed by atoms with Gasteiger partial charge in [-0.25, -0.2) is 0 Å². The SMILES string of the molecule is O=c1[nH]c(C2(c3ccccc3)CCCC2)nc(O)c1I. The molecule has 0 saturated heterocycles. The second-order valence-electron chi connectivity index (χ2n) is 5.21. The van der Waals surface area contributed by atoms with Crippen molar-refractivity contribution in [2.45, 2.75) is 31.1 Å². The highest BCUT2D eigenvalue weighted by Gasteiger charge is 2.40. The summed E-state index contributed by atoms with van der Waals surface area (Å²) in [5.74, 6) is 0.413. The van der Waals surface area contributed by atoms with Gasteiger partial charge in [-0.1, -0.05) is 43.2 Å². The Morgan fingerprint density at radius 1 is 1.20 bits per heavy atom. The van der Waals surface area contributed by atoms with Crippen molar-refractivity contribution in [3.05, 3.63) is 55.6 Å². The quantitative estimate of drug-likeness (QED) is 0.785. The van der Waals surface area contributed by atoms with E-state index in [4.69, 9.17) is 0 Å². The molecule has 1 saturated carbocycles. The second kappa shape index (κ2) is 5.20. The van der Waals surface area contributed by atoms with E-state index >= 15 is 0 Å². The van der Waals surface area contributed by atoms with E-state index in [9.17, 15) is 9.90 Å². The molecule has 2 N–H and O–H groups in total. The molecule has 0 radical (unpaired) electrons. The fraction of sp³-hybridized carbons (Fsp3) is 0.333. The summed E-state index contributed by atoms with van der Waals surface area (Å²) in [5, 5.41) is 9.86. The normalized spacial score (nSPS) is 17.2. The van der Waals surface area contributed by atoms with Crippen LogP contribution in [0.2, 0.25) is 0 Å². The summed E-state index contributed by atoms with van der Waals surface area (Å²) in [6, 6.07) is 10.1. The van der Waals surface area contributed by atoms with Crippen LogP contribution in [0.25, 0.3) is 0 Å². The van der Waals surface area contributed by atoms with Crippen molar-refractivity contribution in [1.82, 2.24) is 9.97 Å². The number of rotatable bonds is 2. The van der Waals surface area contributed by atoms with E-state index in [1.807, 2.05) is 40.8 Å². The molecule has 0 spiro atoms. The van der Waals surface area contributed by atoms with Crippen LogP contribution in [0.5, 0.6) is 5.88 Å². The maximum Gasteiger partial charge on any atom is 0.268 e. The molecule has 0 amide bonds. The van der Waals surface area contributed by atoms with Crippen LogP contribution in [0, 0.1) is 3.57 Å². The van der Waals surface area contributed by atoms with Crippen LogP contribution in [-0.2, 0) is 5.41 Å². The highest BCUT2D eigenvalue weighted by Crippen LogP contribution is 2.44. The minimum atomic E-state index is -0.276. The average Bonchev–Trinajstić information content (AvgIpc) is 2.96. The molecule has 1 heterocycles. The first-order chi connectivity index (χ1) is 9.63. The molecule has 1 aliphatic carbocycles. The molecular formula is C15H15IN2O2. The molecule has 1 aliphatic rings. The number of hydrogen-bond donors (Lipinski definition) is 2. The molecule has 0 atom stereocenters. The lowest BCUT2D eigenvalue weighted by Crippen LogP contribution is -2.30. The van der Waals surface area contributed by atoms with Gasteiger partial charge in [0.1, 0.15) is 9.39 Å². The van der Waals surface area contributed by atoms with Crippen molar-refractivity contribution in [3.8, 4) is 5.88 Å². The predicted molar refractivity (Wildman–Crippen MR) is 84.9 cm³/mol. The zero-order chi connectivity index (χ0) is 14.2. The molecule has 3 rings (SSSR count). The van der Waals surface area contributed by atoms with Crippen LogP contribution in [0.4, 0.5) is 0 Å². The van der Waals surface area contributed by atoms with Crippen LogP contribution in [0.1, 0.15) is 37.1 Å². The Morgan fingerprint density at radius 2 is 1.85 bits per heavy atom. The zero-order valence-corrected chi connectivity index (χ0v) is 13.1. The maximum atomic E-state index is 11.9. The van der Waals surface area contributed by atoms with Gasteiger partial charge < -0.3 is 10.1 Å². The fourth-order valence-corrected chi connectivity index (χ4v) is 3.33. The largest absolute Gasteiger partial charge is 0.492 e. The van der Waals surface area contributed by atoms with Gasteiger partial charge in [-0.3, -0.25) is 4.79 Å². The summed E-state index contributed by atoms with van der Waals surface area (Å²) < 4.78 is 0.243. The first kappa shape index (κ1) is 13.6. The Hall–Kier alpha value is -1.37. The van der Waals surface area contributed by atoms with Crippen LogP contribution < -0.4 is 5.56 Å². The number of aromatic hydroxyl groups is 1. The second-order valence-corrected chi connectivity index (χ2v) is 6.29. The summed E-state index contributed by atoms with van der Waals surface area (Å²) in [6.45, 7) is 0. The van der Waals surface area contributed by atoms with Gasteiger partial charge in [-0.2, -0.15) is 4.98 Å². The van der Waals surface area contributed by atoms with Crippen molar-refractivity contribution < 1.29 is 5.11 Å². The summed E-state index contributed by atoms with van der Waals surface area (Å²) in [6.07, 6.45) is 4.09. The minimum absolute atomic E-state index is 0.174. The number of aromatic nitrogens is 2. The molecule has 20 heavy (non-hydrogen) atoms. The van der Waals surface area contributed by atoms with E-state index in [0.29, 0.717) is 5.82 Å². The molecule has 1 aromatic heterocycles. The number of hydrogen-bond acceptors (Lipinski definition) is 3. The molecule has 0 aliphatic heterocycles. The Kier molecular flexibility index (Phi) is 3.54. The van der Waals surface area contributed by atoms with Crippen molar-refractivity contribution in [1.29, 1.82) is 0 Å². The number of nitrogens with zero attached hydrogens (tertiary/aromatic N) is 1. The van der Waals surface area contributed by atoms with Gasteiger partial charge >= 0.3 is 0 Å². The smallest absolute Gasteiger partial charge is 0.268 e. The van der Waals surface area contributed by atoms with E-state index in [2.05, 4.69) is 22.1 Å². The standard InChI is InChI=1S/C15H15IN2O2/c16-11-12(19)17-14(18-13(11)20)15(8-4-5-9-15)10-6-2-1-3-7-10/h1-3,6-7H,4-5,8-9H2,(H2,17,18,19,20). The van der Waals surface area contributed by atoms with Crippen LogP contribution in [0.3, 0.4) is 0 Å². The van der Waals surface area contributed by atoms with E-state index in [-0.39, 0.29) is 20.4 Å². The van der Waals surface area contributed by atoms with E-state index in [0.717, 1.165) is 31.2 Å². The van der Waals surface area contributed by atoms with Gasteiger partial charge in [0.15, 0.2) is 0 Å². The van der Waals surface area contributed by atoms with Gasteiger partial charge in [-0.15, -0.1) is 0 Å². The summed E-state index contributed by atoms with van der Waals surface area (Å²) >= 11 is 1.81. The van der Waals surface area contributed by atoms with Gasteiger partial charge in [0.2, 0.25) is 5.88 Å². The monoisotopic (exact) mass is 382 g/mol. The number of halogens is 1. The van der Waals surface area contributed by atoms with E-state index in [1.165, 1.54) is 0 Å². The average molecular weight is 382 g/mol. The number of benzene rings is 1. The fourth-order valence-electron chi connectivity index (χ4n) is 3.07. The Balaban J connectivity index is 2.20. The van der Waals surface area contributed by atoms with Crippen LogP contribution in [0.15, 0.2) is 35.1 Å². The lowest BCUT2D eigenvalue weighted by Gasteiger charge is -2.28. The molecular weight excluding hydrogens is 367 g/mol. The van der Waals surface area contributed by atoms with Crippen LogP contribution in [-0.4, -0.2) is 15.1 Å². The summed E-state index contributed by atoms with van der Waals surface area (Å²) in [5.41, 5.74) is 0.610. The van der Waals surface area contributed by atoms with Crippen molar-refractivity contribution in [3.63, 3.8) is 0 Å². The number of nitrogens with one attached hydrogen (secondary N) is 1. The number of H-pyrrole nitrogens is 1. The Morgan fingerprint density at radius 3 is 2.45 bits per heavy atom. The molecule has 104 valence electrons. The lowest BCUT2D eigenvalue weighted by atomic mass is 9.78. The van der Waals surface area contributed by atoms with Crippen molar-refractivity contribution in [2.24, 2.45) is 0 Å². The molecule has 0 bridgehead atoms. The third-order valence-corrected chi connectivity index (χ3v) is 5.05. The van der Waals surface area contributed by atoms with Gasteiger partial charge in [0.05, 0.1) is 5.41 Å². The first-order valence-electron chi connectivity index (χ1n) is 6.68. The molecule has 5 heteroatoms. The Bertz CT molecular complexity index is 676. The van der Waals surface area contributed by atoms with Gasteiger partial charge in [-0.05, 0) is 41.0 Å². The van der Waals surface area contributed by atoms with E-state index in [1.54, 1.807) is 0 Å². The Labute approximate surface area is 130 Å². The highest BCUT2D eigenvalue weighted by atomic mass is 127. The minimum Gasteiger partial charge on any atom is -0.492 e. The zero-order valence-electron chi connectivity index (χ0n) is 10.9. The van der Waals surface area contributed by atoms with Crippen molar-refractivity contribution in [2.75, 3.05) is 0 Å². The number of aromatic amines is 1. The third kappa shape index (κ3) is 2.13. The summed E-state index contributed by atoms with van der Waals surface area (Å²) in [4.78, 5) is 19.0.